The van der Waals surface area contributed by atoms with Crippen molar-refractivity contribution in [1.29, 1.82) is 0 Å². The maximum Gasteiger partial charge on any atom is 0.407 e. The van der Waals surface area contributed by atoms with E-state index in [0.29, 0.717) is 82.5 Å². The SMILES string of the molecule is CC.CCC(=O)C(C)C.CCC(=O)[C@H](C)N1CCC(C)C1=O.CCC(=O)[C@H](C)N1CCC(NC(=O)C(C)C)C1=O.CCC(=O)[C@H](C)NCCC(Cc1ccccc1)NC(=O)OCC1c2ccccc2-c2ccccc21.CCCC[C@@H](NC(c1ccc(C)cc1)c1ccc(C)cc1)C(=O)COc1ccc(C(N)c2ccc(C)cc2C)cc1.CN.C[C@H](N)C(=O)NC1CCN([C@@H](C)C(N)=O)C1=O.O=C=O. The van der Waals surface area contributed by atoms with Crippen LogP contribution in [0.1, 0.15) is 268 Å². The minimum atomic E-state index is -0.662. The second-order valence-corrected chi connectivity index (χ2v) is 35.5. The van der Waals surface area contributed by atoms with Gasteiger partial charge in [-0.15, -0.1) is 0 Å². The van der Waals surface area contributed by atoms with E-state index < -0.39 is 36.2 Å². The number of nitrogens with zero attached hydrogens (tertiary/aromatic N) is 3. The molecule has 7 amide bonds. The first kappa shape index (κ1) is 120. The Kier molecular flexibility index (Phi) is 55.2. The van der Waals surface area contributed by atoms with Crippen LogP contribution in [0.15, 0.2) is 170 Å². The number of Topliss-reactive ketones (excluding diaryl/α,β-unsaturated/α-hetero) is 5. The van der Waals surface area contributed by atoms with E-state index in [4.69, 9.17) is 36.3 Å². The number of fused-ring (bicyclic) bond motifs is 3. The Morgan fingerprint density at radius 3 is 1.39 bits per heavy atom. The molecule has 0 bridgehead atoms. The topological polar surface area (TPSA) is 431 Å². The first-order valence-electron chi connectivity index (χ1n) is 48.8. The number of unbranched alkanes of at least 4 members (excludes halogenated alkanes) is 1. The molecule has 3 aliphatic heterocycles. The molecule has 4 aliphatic rings. The molecule has 3 heterocycles. The van der Waals surface area contributed by atoms with E-state index >= 15 is 0 Å². The molecule has 28 heteroatoms. The van der Waals surface area contributed by atoms with Crippen LogP contribution in [0.25, 0.3) is 11.1 Å². The number of hydrogen-bond donors (Lipinski definition) is 9. The summed E-state index contributed by atoms with van der Waals surface area (Å²) in [6, 6.07) is 54.1. The number of carbonyl (C=O) groups is 12. The lowest BCUT2D eigenvalue weighted by atomic mass is 9.94. The molecule has 0 spiro atoms. The third-order valence-corrected chi connectivity index (χ3v) is 24.6. The first-order valence-corrected chi connectivity index (χ1v) is 48.8. The number of hydrogen-bond acceptors (Lipinski definition) is 21. The predicted octanol–water partition coefficient (Wildman–Crippen LogP) is 14.9. The summed E-state index contributed by atoms with van der Waals surface area (Å²) >= 11 is 0. The van der Waals surface area contributed by atoms with Crippen LogP contribution in [-0.4, -0.2) is 192 Å². The van der Waals surface area contributed by atoms with Crippen molar-refractivity contribution in [2.24, 2.45) is 40.7 Å². The van der Waals surface area contributed by atoms with Crippen LogP contribution in [-0.2, 0) is 73.5 Å². The quantitative estimate of drug-likeness (QED) is 0.0174. The van der Waals surface area contributed by atoms with Crippen molar-refractivity contribution in [3.8, 4) is 16.9 Å². The smallest absolute Gasteiger partial charge is 0.407 e. The Balaban J connectivity index is 0.000000452. The van der Waals surface area contributed by atoms with E-state index in [-0.39, 0.29) is 138 Å². The van der Waals surface area contributed by atoms with Gasteiger partial charge >= 0.3 is 12.2 Å². The highest BCUT2D eigenvalue weighted by Crippen LogP contribution is 2.45. The molecule has 138 heavy (non-hydrogen) atoms. The van der Waals surface area contributed by atoms with Crippen molar-refractivity contribution in [1.82, 2.24) is 41.3 Å². The molecule has 7 aromatic rings. The molecule has 11 atom stereocenters. The highest BCUT2D eigenvalue weighted by atomic mass is 16.5. The van der Waals surface area contributed by atoms with Crippen LogP contribution in [0, 0.1) is 45.4 Å². The molecule has 11 rings (SSSR count). The van der Waals surface area contributed by atoms with Crippen LogP contribution < -0.4 is 54.3 Å². The van der Waals surface area contributed by atoms with E-state index in [0.717, 1.165) is 60.0 Å². The second kappa shape index (κ2) is 63.5. The zero-order valence-corrected chi connectivity index (χ0v) is 85.7. The minimum absolute atomic E-state index is 0.0123. The van der Waals surface area contributed by atoms with Gasteiger partial charge in [-0.25, -0.2) is 4.79 Å². The number of nitrogens with two attached hydrogens (primary N) is 4. The fourth-order valence-electron chi connectivity index (χ4n) is 15.9. The second-order valence-electron chi connectivity index (χ2n) is 35.5. The van der Waals surface area contributed by atoms with Gasteiger partial charge in [-0.1, -0.05) is 270 Å². The largest absolute Gasteiger partial charge is 0.486 e. The summed E-state index contributed by atoms with van der Waals surface area (Å²) in [5.41, 5.74) is 36.8. The van der Waals surface area contributed by atoms with Crippen molar-refractivity contribution in [3.63, 3.8) is 0 Å². The first-order chi connectivity index (χ1) is 65.7. The summed E-state index contributed by atoms with van der Waals surface area (Å²) in [6.45, 7) is 42.4. The van der Waals surface area contributed by atoms with Crippen LogP contribution in [0.2, 0.25) is 0 Å². The van der Waals surface area contributed by atoms with Crippen LogP contribution in [0.3, 0.4) is 0 Å². The average Bonchev–Trinajstić information content (AvgIpc) is 1.61. The summed E-state index contributed by atoms with van der Waals surface area (Å²) in [4.78, 5) is 162. The summed E-state index contributed by atoms with van der Waals surface area (Å²) in [5, 5.41) is 15.3. The van der Waals surface area contributed by atoms with Crippen LogP contribution in [0.5, 0.6) is 5.75 Å². The van der Waals surface area contributed by atoms with Gasteiger partial charge in [0.2, 0.25) is 35.4 Å². The van der Waals surface area contributed by atoms with Gasteiger partial charge in [0.1, 0.15) is 48.7 Å². The number of amides is 7. The molecular formula is C110H158N12O16. The van der Waals surface area contributed by atoms with Crippen molar-refractivity contribution in [2.45, 2.75) is 295 Å². The number of benzene rings is 7. The lowest BCUT2D eigenvalue weighted by Gasteiger charge is -2.26. The number of rotatable bonds is 38. The number of alkyl carbamates (subject to hydrolysis) is 1. The number of ketones is 5. The van der Waals surface area contributed by atoms with E-state index in [1.807, 2.05) is 136 Å². The van der Waals surface area contributed by atoms with E-state index in [9.17, 15) is 57.5 Å². The van der Waals surface area contributed by atoms with Crippen LogP contribution >= 0.6 is 0 Å². The van der Waals surface area contributed by atoms with Crippen LogP contribution in [0.4, 0.5) is 4.79 Å². The molecule has 754 valence electrons. The number of nitrogens with one attached hydrogen (secondary N) is 5. The summed E-state index contributed by atoms with van der Waals surface area (Å²) < 4.78 is 11.8. The summed E-state index contributed by atoms with van der Waals surface area (Å²) in [5.74, 6) is 0.339. The van der Waals surface area contributed by atoms with Gasteiger partial charge in [0.15, 0.2) is 17.3 Å². The minimum Gasteiger partial charge on any atom is -0.486 e. The average molecular weight is 1900 g/mol. The standard InChI is InChI=1S/C37H44N2O2.C30H34N2O3.C13H22N2O3.C10H18N4O3.C10H17NO2.C6H12O.C2H6.CH5N.CO2/c1-6-7-8-34(39-37(30-14-9-25(2)10-15-30)31-16-11-26(3)12-17-31)35(40)24-41-32-20-18-29(19-21-32)36(38)33-22-13-27(4)23-28(33)5;1-3-29(33)21(2)31-18-17-23(19-22-11-5-4-6-12-22)32-30(34)35-20-28-26-15-9-7-13-24(26)25-14-8-10-16-27(25)28;1-5-11(16)9(4)15-7-6-10(13(15)18)14-12(17)8(2)3;1-5(11)9(16)13-7-3-4-14(10(7)17)6(2)8(12)15;1-4-9(12)8(3)11-6-5-7(2)10(11)13;1-4-6(7)5(2)3;2*1-2;2-1-3/h9-23,34,36-37,39H,6-8,24,38H2,1-5H3;4-16,21,23,28,31H,3,17-20H2,1-2H3,(H,32,34);8-10H,5-7H2,1-4H3,(H,14,17);5-7H,3-4,11H2,1-2H3,(H2,12,15)(H,13,16);7-8H,4-6H2,1-3H3;5H,4H2,1-3H3;1-2H3;2H2,1H3;/t34-,36?;21-,23?;9-,10?;5-,6-,7?;7?,8-;;;;/m10000..../s1. The maximum absolute atomic E-state index is 13.5. The maximum atomic E-state index is 13.5. The fraction of sp³-hybridized carbons (Fsp3) is 0.500. The highest BCUT2D eigenvalue weighted by molar-refractivity contribution is 5.96. The Morgan fingerprint density at radius 2 is 0.957 bits per heavy atom. The van der Waals surface area contributed by atoms with E-state index in [2.05, 4.69) is 170 Å². The molecule has 1 aliphatic carbocycles. The van der Waals surface area contributed by atoms with Crippen molar-refractivity contribution in [2.75, 3.05) is 46.4 Å². The zero-order valence-electron chi connectivity index (χ0n) is 85.7. The number of aryl methyl sites for hydroxylation is 4. The van der Waals surface area contributed by atoms with Gasteiger partial charge in [0.25, 0.3) is 0 Å². The molecule has 13 N–H and O–H groups in total. The molecular weight excluding hydrogens is 1750 g/mol. The lowest BCUT2D eigenvalue weighted by Crippen LogP contribution is -2.50. The van der Waals surface area contributed by atoms with Gasteiger partial charge < -0.3 is 68.4 Å². The fourth-order valence-corrected chi connectivity index (χ4v) is 15.9. The normalized spacial score (nSPS) is 16.0. The Morgan fingerprint density at radius 1 is 0.507 bits per heavy atom. The monoisotopic (exact) mass is 1900 g/mol. The summed E-state index contributed by atoms with van der Waals surface area (Å²) in [6.07, 6.45) is 8.04. The van der Waals surface area contributed by atoms with E-state index in [1.165, 1.54) is 56.5 Å². The zero-order chi connectivity index (χ0) is 104. The predicted molar refractivity (Wildman–Crippen MR) is 544 cm³/mol. The number of primary amides is 1. The molecule has 3 saturated heterocycles. The molecule has 0 aromatic heterocycles. The summed E-state index contributed by atoms with van der Waals surface area (Å²) in [7, 11) is 1.50. The number of ether oxygens (including phenoxy) is 2. The van der Waals surface area contributed by atoms with Crippen molar-refractivity contribution < 1.29 is 76.6 Å². The molecule has 0 saturated carbocycles. The number of likely N-dealkylation sites (tertiary alicyclic amines) is 3. The van der Waals surface area contributed by atoms with Gasteiger partial charge in [-0.05, 0) is 182 Å². The lowest BCUT2D eigenvalue weighted by molar-refractivity contribution is -0.192. The van der Waals surface area contributed by atoms with Gasteiger partial charge in [0.05, 0.1) is 42.3 Å². The third kappa shape index (κ3) is 38.7. The molecule has 0 radical (unpaired) electrons. The molecule has 28 nitrogen and oxygen atoms in total. The number of carbonyl (C=O) groups excluding carboxylic acids is 14. The molecule has 5 unspecified atom stereocenters. The van der Waals surface area contributed by atoms with E-state index in [1.54, 1.807) is 51.3 Å². The van der Waals surface area contributed by atoms with Gasteiger partial charge in [-0.2, -0.15) is 9.59 Å². The Hall–Kier alpha value is -12.0. The highest BCUT2D eigenvalue weighted by Gasteiger charge is 2.40. The molecule has 3 fully saturated rings. The third-order valence-electron chi connectivity index (χ3n) is 24.6. The van der Waals surface area contributed by atoms with Gasteiger partial charge in [-0.3, -0.25) is 58.1 Å². The van der Waals surface area contributed by atoms with Crippen molar-refractivity contribution in [3.05, 3.63) is 231 Å². The van der Waals surface area contributed by atoms with Crippen molar-refractivity contribution >= 4 is 76.6 Å². The Labute approximate surface area is 819 Å². The van der Waals surface area contributed by atoms with Gasteiger partial charge in [0, 0.05) is 75.0 Å². The molecule has 7 aromatic carbocycles. The Bertz CT molecular complexity index is 4910.